The summed E-state index contributed by atoms with van der Waals surface area (Å²) >= 11 is 0. The molecule has 0 fully saturated rings. The molecule has 2 aromatic rings. The minimum absolute atomic E-state index is 0.581. The summed E-state index contributed by atoms with van der Waals surface area (Å²) in [6, 6.07) is 5.63. The molecule has 0 aromatic carbocycles. The number of nitrogens with two attached hydrogens (primary N) is 1. The Morgan fingerprint density at radius 2 is 2.06 bits per heavy atom. The molecule has 18 heavy (non-hydrogen) atoms. The molecule has 2 rings (SSSR count). The molecule has 0 radical (unpaired) electrons. The van der Waals surface area contributed by atoms with E-state index in [1.54, 1.807) is 6.07 Å². The van der Waals surface area contributed by atoms with E-state index in [1.807, 2.05) is 26.0 Å². The lowest BCUT2D eigenvalue weighted by Crippen LogP contribution is -2.12. The molecule has 0 aliphatic rings. The third-order valence-electron chi connectivity index (χ3n) is 2.48. The molecule has 0 unspecified atom stereocenters. The maximum absolute atomic E-state index is 5.47. The molecule has 2 heterocycles. The van der Waals surface area contributed by atoms with Crippen LogP contribution in [0.2, 0.25) is 0 Å². The van der Waals surface area contributed by atoms with E-state index in [4.69, 9.17) is 10.3 Å². The van der Waals surface area contributed by atoms with Crippen LogP contribution in [0.5, 0.6) is 0 Å². The summed E-state index contributed by atoms with van der Waals surface area (Å²) < 4.78 is 5.47. The molecule has 2 aromatic heterocycles. The second kappa shape index (κ2) is 5.50. The lowest BCUT2D eigenvalue weighted by Gasteiger charge is -2.07. The van der Waals surface area contributed by atoms with Crippen LogP contribution >= 0.6 is 0 Å². The van der Waals surface area contributed by atoms with Gasteiger partial charge in [0.15, 0.2) is 0 Å². The summed E-state index contributed by atoms with van der Waals surface area (Å²) in [4.78, 5) is 8.58. The zero-order valence-electron chi connectivity index (χ0n) is 10.5. The Bertz CT molecular complexity index is 501. The van der Waals surface area contributed by atoms with Crippen LogP contribution in [-0.2, 0) is 13.0 Å². The van der Waals surface area contributed by atoms with Gasteiger partial charge in [0.1, 0.15) is 29.0 Å². The van der Waals surface area contributed by atoms with Gasteiger partial charge in [0.05, 0.1) is 6.54 Å². The van der Waals surface area contributed by atoms with Gasteiger partial charge < -0.3 is 15.2 Å². The van der Waals surface area contributed by atoms with Gasteiger partial charge in [0, 0.05) is 12.5 Å². The molecule has 0 saturated heterocycles. The zero-order chi connectivity index (χ0) is 13.0. The monoisotopic (exact) mass is 247 g/mol. The Hall–Kier alpha value is -2.08. The Morgan fingerprint density at radius 3 is 2.67 bits per heavy atom. The average Bonchev–Trinajstić information content (AvgIpc) is 2.81. The normalized spacial score (nSPS) is 10.4. The van der Waals surface area contributed by atoms with Crippen LogP contribution in [0, 0.1) is 6.92 Å². The van der Waals surface area contributed by atoms with Gasteiger partial charge in [-0.3, -0.25) is 0 Å². The van der Waals surface area contributed by atoms with Crippen LogP contribution in [0.3, 0.4) is 0 Å². The minimum Gasteiger partial charge on any atom is -0.465 e. The van der Waals surface area contributed by atoms with Crippen LogP contribution in [0.25, 0.3) is 0 Å². The molecule has 0 atom stereocenters. The second-order valence-corrected chi connectivity index (χ2v) is 3.92. The van der Waals surface area contributed by atoms with Crippen molar-refractivity contribution in [2.24, 2.45) is 5.84 Å². The first kappa shape index (κ1) is 12.4. The smallest absolute Gasteiger partial charge is 0.145 e. The number of furan rings is 1. The molecule has 0 aliphatic carbocycles. The molecule has 0 saturated carbocycles. The molecule has 0 aliphatic heterocycles. The topological polar surface area (TPSA) is 89.0 Å². The lowest BCUT2D eigenvalue weighted by atomic mass is 10.4. The van der Waals surface area contributed by atoms with Gasteiger partial charge in [0.25, 0.3) is 0 Å². The number of anilines is 2. The van der Waals surface area contributed by atoms with Crippen molar-refractivity contribution in [1.29, 1.82) is 0 Å². The van der Waals surface area contributed by atoms with Gasteiger partial charge in [0.2, 0.25) is 0 Å². The molecule has 96 valence electrons. The molecule has 6 heteroatoms. The number of nitrogen functional groups attached to an aromatic ring is 1. The van der Waals surface area contributed by atoms with Crippen molar-refractivity contribution in [3.8, 4) is 0 Å². The average molecular weight is 247 g/mol. The minimum atomic E-state index is 0.581. The molecular formula is C12H17N5O. The van der Waals surface area contributed by atoms with Crippen LogP contribution in [0.4, 0.5) is 11.6 Å². The largest absolute Gasteiger partial charge is 0.465 e. The summed E-state index contributed by atoms with van der Waals surface area (Å²) in [5, 5.41) is 3.18. The maximum Gasteiger partial charge on any atom is 0.145 e. The number of hydrogen-bond donors (Lipinski definition) is 3. The number of nitrogens with zero attached hydrogens (tertiary/aromatic N) is 2. The van der Waals surface area contributed by atoms with Crippen molar-refractivity contribution in [3.63, 3.8) is 0 Å². The standard InChI is InChI=1S/C12H17N5O/c1-3-10-15-11(6-12(16-10)17-13)14-7-9-5-4-8(2)18-9/h4-6H,3,7,13H2,1-2H3,(H2,14,15,16,17). The van der Waals surface area contributed by atoms with Gasteiger partial charge in [-0.15, -0.1) is 0 Å². The highest BCUT2D eigenvalue weighted by molar-refractivity contribution is 5.46. The first-order valence-corrected chi connectivity index (χ1v) is 5.85. The highest BCUT2D eigenvalue weighted by atomic mass is 16.3. The molecule has 0 spiro atoms. The van der Waals surface area contributed by atoms with E-state index in [-0.39, 0.29) is 0 Å². The third kappa shape index (κ3) is 2.98. The third-order valence-corrected chi connectivity index (χ3v) is 2.48. The first-order valence-electron chi connectivity index (χ1n) is 5.85. The Morgan fingerprint density at radius 1 is 1.28 bits per heavy atom. The van der Waals surface area contributed by atoms with E-state index in [0.717, 1.165) is 29.6 Å². The van der Waals surface area contributed by atoms with Crippen molar-refractivity contribution in [1.82, 2.24) is 9.97 Å². The summed E-state index contributed by atoms with van der Waals surface area (Å²) in [7, 11) is 0. The SMILES string of the molecule is CCc1nc(NN)cc(NCc2ccc(C)o2)n1. The quantitative estimate of drug-likeness (QED) is 0.552. The van der Waals surface area contributed by atoms with E-state index < -0.39 is 0 Å². The van der Waals surface area contributed by atoms with E-state index in [0.29, 0.717) is 12.4 Å². The maximum atomic E-state index is 5.47. The van der Waals surface area contributed by atoms with E-state index in [2.05, 4.69) is 20.7 Å². The summed E-state index contributed by atoms with van der Waals surface area (Å²) in [6.07, 6.45) is 0.754. The van der Waals surface area contributed by atoms with Gasteiger partial charge in [-0.2, -0.15) is 0 Å². The van der Waals surface area contributed by atoms with E-state index in [9.17, 15) is 0 Å². The predicted molar refractivity (Wildman–Crippen MR) is 70.0 cm³/mol. The van der Waals surface area contributed by atoms with E-state index in [1.165, 1.54) is 0 Å². The fourth-order valence-corrected chi connectivity index (χ4v) is 1.58. The summed E-state index contributed by atoms with van der Waals surface area (Å²) in [5.74, 6) is 9.19. The number of nitrogens with one attached hydrogen (secondary N) is 2. The number of hydrazine groups is 1. The highest BCUT2D eigenvalue weighted by Crippen LogP contribution is 2.13. The predicted octanol–water partition coefficient (Wildman–Crippen LogP) is 1.84. The van der Waals surface area contributed by atoms with Crippen molar-refractivity contribution in [2.45, 2.75) is 26.8 Å². The Kier molecular flexibility index (Phi) is 3.78. The van der Waals surface area contributed by atoms with Crippen molar-refractivity contribution in [2.75, 3.05) is 10.7 Å². The number of aromatic nitrogens is 2. The van der Waals surface area contributed by atoms with Crippen molar-refractivity contribution in [3.05, 3.63) is 35.5 Å². The second-order valence-electron chi connectivity index (χ2n) is 3.92. The van der Waals surface area contributed by atoms with E-state index >= 15 is 0 Å². The van der Waals surface area contributed by atoms with Crippen LogP contribution in [0.15, 0.2) is 22.6 Å². The first-order chi connectivity index (χ1) is 8.71. The van der Waals surface area contributed by atoms with Gasteiger partial charge in [-0.1, -0.05) is 6.92 Å². The highest BCUT2D eigenvalue weighted by Gasteiger charge is 2.04. The lowest BCUT2D eigenvalue weighted by molar-refractivity contribution is 0.490. The number of hydrogen-bond acceptors (Lipinski definition) is 6. The summed E-state index contributed by atoms with van der Waals surface area (Å²) in [5.41, 5.74) is 2.53. The van der Waals surface area contributed by atoms with Crippen molar-refractivity contribution >= 4 is 11.6 Å². The van der Waals surface area contributed by atoms with Crippen LogP contribution < -0.4 is 16.6 Å². The van der Waals surface area contributed by atoms with Gasteiger partial charge in [-0.05, 0) is 19.1 Å². The molecule has 0 bridgehead atoms. The molecule has 6 nitrogen and oxygen atoms in total. The Labute approximate surface area is 106 Å². The van der Waals surface area contributed by atoms with Crippen LogP contribution in [-0.4, -0.2) is 9.97 Å². The molecule has 0 amide bonds. The number of aryl methyl sites for hydroxylation is 2. The van der Waals surface area contributed by atoms with Crippen LogP contribution in [0.1, 0.15) is 24.3 Å². The fraction of sp³-hybridized carbons (Fsp3) is 0.333. The molecule has 4 N–H and O–H groups in total. The Balaban J connectivity index is 2.08. The van der Waals surface area contributed by atoms with Gasteiger partial charge >= 0.3 is 0 Å². The van der Waals surface area contributed by atoms with Crippen molar-refractivity contribution < 1.29 is 4.42 Å². The zero-order valence-corrected chi connectivity index (χ0v) is 10.5. The molecular weight excluding hydrogens is 230 g/mol. The fourth-order valence-electron chi connectivity index (χ4n) is 1.58. The van der Waals surface area contributed by atoms with Gasteiger partial charge in [-0.25, -0.2) is 15.8 Å². The summed E-state index contributed by atoms with van der Waals surface area (Å²) in [6.45, 7) is 4.49. The number of rotatable bonds is 5.